The van der Waals surface area contributed by atoms with Crippen LogP contribution in [0.3, 0.4) is 0 Å². The minimum atomic E-state index is -0.417. The molecule has 3 heterocycles. The molecular weight excluding hydrogens is 566 g/mol. The van der Waals surface area contributed by atoms with Gasteiger partial charge in [0.05, 0.1) is 15.6 Å². The zero-order chi connectivity index (χ0) is 22.9. The highest BCUT2D eigenvalue weighted by atomic mass is 35.5. The molecule has 196 valence electrons. The Balaban J connectivity index is 0.00000152. The second-order valence-electron chi connectivity index (χ2n) is 8.65. The fraction of sp³-hybridized carbons (Fsp3) is 0.375. The first-order chi connectivity index (χ1) is 16.0. The van der Waals surface area contributed by atoms with E-state index in [9.17, 15) is 4.79 Å². The monoisotopic (exact) mass is 592 g/mol. The second kappa shape index (κ2) is 13.3. The van der Waals surface area contributed by atoms with E-state index in [1.807, 2.05) is 35.2 Å². The molecule has 7 nitrogen and oxygen atoms in total. The summed E-state index contributed by atoms with van der Waals surface area (Å²) in [6, 6.07) is 13.1. The Morgan fingerprint density at radius 1 is 0.944 bits per heavy atom. The molecule has 0 spiro atoms. The predicted molar refractivity (Wildman–Crippen MR) is 153 cm³/mol. The summed E-state index contributed by atoms with van der Waals surface area (Å²) >= 11 is 12.4. The summed E-state index contributed by atoms with van der Waals surface area (Å²) in [6.45, 7) is 4.12. The van der Waals surface area contributed by atoms with Gasteiger partial charge < -0.3 is 15.5 Å². The highest BCUT2D eigenvalue weighted by Crippen LogP contribution is 2.32. The molecule has 0 aliphatic carbocycles. The van der Waals surface area contributed by atoms with Crippen LogP contribution < -0.4 is 10.6 Å². The van der Waals surface area contributed by atoms with Gasteiger partial charge in [0, 0.05) is 50.7 Å². The lowest BCUT2D eigenvalue weighted by Gasteiger charge is -2.39. The van der Waals surface area contributed by atoms with Crippen molar-refractivity contribution < 1.29 is 4.79 Å². The average molecular weight is 595 g/mol. The van der Waals surface area contributed by atoms with Crippen LogP contribution in [0, 0.1) is 0 Å². The summed E-state index contributed by atoms with van der Waals surface area (Å²) in [7, 11) is 0. The molecule has 1 amide bonds. The third-order valence-corrected chi connectivity index (χ3v) is 7.27. The van der Waals surface area contributed by atoms with Crippen LogP contribution in [0.1, 0.15) is 18.0 Å². The van der Waals surface area contributed by atoms with E-state index in [0.29, 0.717) is 42.8 Å². The molecule has 2 unspecified atom stereocenters. The van der Waals surface area contributed by atoms with E-state index < -0.39 is 6.04 Å². The quantitative estimate of drug-likeness (QED) is 0.475. The molecule has 2 atom stereocenters. The van der Waals surface area contributed by atoms with Gasteiger partial charge in [-0.15, -0.1) is 37.2 Å². The van der Waals surface area contributed by atoms with Crippen molar-refractivity contribution in [3.8, 4) is 0 Å². The molecule has 12 heteroatoms. The topological polar surface area (TPSA) is 78.6 Å². The normalized spacial score (nSPS) is 18.7. The molecular formula is C24H29Cl5N6O. The molecule has 2 saturated heterocycles. The maximum Gasteiger partial charge on any atom is 0.244 e. The first kappa shape index (κ1) is 30.6. The number of hydrogen-bond acceptors (Lipinski definition) is 6. The summed E-state index contributed by atoms with van der Waals surface area (Å²) < 4.78 is 0. The molecule has 1 aromatic heterocycles. The van der Waals surface area contributed by atoms with Crippen LogP contribution in [0.15, 0.2) is 48.8 Å². The van der Waals surface area contributed by atoms with Crippen molar-refractivity contribution in [1.82, 2.24) is 19.8 Å². The zero-order valence-corrected chi connectivity index (χ0v) is 23.4. The van der Waals surface area contributed by atoms with Gasteiger partial charge in [-0.1, -0.05) is 41.4 Å². The van der Waals surface area contributed by atoms with Crippen molar-refractivity contribution in [2.24, 2.45) is 5.73 Å². The molecule has 0 saturated carbocycles. The highest BCUT2D eigenvalue weighted by Gasteiger charge is 2.36. The number of halogens is 5. The van der Waals surface area contributed by atoms with Crippen molar-refractivity contribution in [1.29, 1.82) is 0 Å². The Labute approximate surface area is 239 Å². The molecule has 5 rings (SSSR count). The van der Waals surface area contributed by atoms with E-state index in [1.54, 1.807) is 18.5 Å². The number of amides is 1. The molecule has 2 aromatic carbocycles. The van der Waals surface area contributed by atoms with Crippen LogP contribution in [0.25, 0.3) is 10.9 Å². The largest absolute Gasteiger partial charge is 0.352 e. The van der Waals surface area contributed by atoms with Crippen molar-refractivity contribution in [2.75, 3.05) is 44.2 Å². The maximum atomic E-state index is 13.8. The van der Waals surface area contributed by atoms with Crippen molar-refractivity contribution in [2.45, 2.75) is 18.5 Å². The fourth-order valence-electron chi connectivity index (χ4n) is 4.80. The Morgan fingerprint density at radius 3 is 2.33 bits per heavy atom. The Kier molecular flexibility index (Phi) is 11.3. The number of benzene rings is 2. The van der Waals surface area contributed by atoms with E-state index in [1.165, 1.54) is 0 Å². The number of piperazine rings is 1. The summed E-state index contributed by atoms with van der Waals surface area (Å²) in [4.78, 5) is 29.0. The Hall–Kier alpha value is -1.58. The van der Waals surface area contributed by atoms with Gasteiger partial charge in [-0.2, -0.15) is 0 Å². The lowest BCUT2D eigenvalue weighted by molar-refractivity contribution is -0.137. The van der Waals surface area contributed by atoms with Gasteiger partial charge in [0.15, 0.2) is 0 Å². The molecule has 0 radical (unpaired) electrons. The Bertz CT molecular complexity index is 1170. The SMILES string of the molecule is Cl.Cl.Cl.NC1CCN(C(C(=O)N2CCN(c3ncnc4ccccc34)CC2)c2ccc(Cl)c(Cl)c2)C1. The van der Waals surface area contributed by atoms with E-state index >= 15 is 0 Å². The smallest absolute Gasteiger partial charge is 0.244 e. The molecule has 2 aliphatic rings. The van der Waals surface area contributed by atoms with Crippen molar-refractivity contribution >= 4 is 83.1 Å². The van der Waals surface area contributed by atoms with Gasteiger partial charge in [0.1, 0.15) is 18.2 Å². The first-order valence-electron chi connectivity index (χ1n) is 11.2. The highest BCUT2D eigenvalue weighted by molar-refractivity contribution is 6.42. The number of rotatable bonds is 4. The number of para-hydroxylation sites is 1. The minimum absolute atomic E-state index is 0. The van der Waals surface area contributed by atoms with Crippen LogP contribution in [0.2, 0.25) is 10.0 Å². The summed E-state index contributed by atoms with van der Waals surface area (Å²) in [5.41, 5.74) is 7.95. The van der Waals surface area contributed by atoms with Crippen molar-refractivity contribution in [3.05, 3.63) is 64.4 Å². The number of nitrogens with zero attached hydrogens (tertiary/aromatic N) is 5. The van der Waals surface area contributed by atoms with E-state index in [4.69, 9.17) is 28.9 Å². The Morgan fingerprint density at radius 2 is 1.67 bits per heavy atom. The lowest BCUT2D eigenvalue weighted by atomic mass is 10.0. The molecule has 36 heavy (non-hydrogen) atoms. The average Bonchev–Trinajstić information content (AvgIpc) is 3.26. The van der Waals surface area contributed by atoms with Crippen LogP contribution in [0.4, 0.5) is 5.82 Å². The summed E-state index contributed by atoms with van der Waals surface area (Å²) in [5.74, 6) is 0.994. The number of hydrogen-bond donors (Lipinski definition) is 1. The number of carbonyl (C=O) groups excluding carboxylic acids is 1. The van der Waals surface area contributed by atoms with Crippen LogP contribution in [0.5, 0.6) is 0 Å². The standard InChI is InChI=1S/C24H26Cl2N6O.3ClH/c25-19-6-5-16(13-20(19)26)22(32-8-7-17(27)14-32)24(33)31-11-9-30(10-12-31)23-18-3-1-2-4-21(18)28-15-29-23;;;/h1-6,13,15,17,22H,7-12,14,27H2;3*1H. The van der Waals surface area contributed by atoms with Crippen LogP contribution in [-0.4, -0.2) is 71.0 Å². The summed E-state index contributed by atoms with van der Waals surface area (Å²) in [6.07, 6.45) is 2.48. The summed E-state index contributed by atoms with van der Waals surface area (Å²) in [5, 5.41) is 1.96. The lowest BCUT2D eigenvalue weighted by Crippen LogP contribution is -2.52. The third kappa shape index (κ3) is 6.27. The first-order valence-corrected chi connectivity index (χ1v) is 11.9. The van der Waals surface area contributed by atoms with Gasteiger partial charge in [-0.05, 0) is 36.2 Å². The van der Waals surface area contributed by atoms with Crippen LogP contribution >= 0.6 is 60.4 Å². The van der Waals surface area contributed by atoms with Gasteiger partial charge >= 0.3 is 0 Å². The maximum absolute atomic E-state index is 13.8. The van der Waals surface area contributed by atoms with Gasteiger partial charge in [0.25, 0.3) is 0 Å². The third-order valence-electron chi connectivity index (χ3n) is 6.53. The van der Waals surface area contributed by atoms with E-state index in [0.717, 1.165) is 35.2 Å². The molecule has 3 aromatic rings. The minimum Gasteiger partial charge on any atom is -0.352 e. The van der Waals surface area contributed by atoms with Crippen molar-refractivity contribution in [3.63, 3.8) is 0 Å². The number of fused-ring (bicyclic) bond motifs is 1. The number of likely N-dealkylation sites (tertiary alicyclic amines) is 1. The van der Waals surface area contributed by atoms with Gasteiger partial charge in [-0.25, -0.2) is 9.97 Å². The molecule has 2 fully saturated rings. The number of carbonyl (C=O) groups is 1. The fourth-order valence-corrected chi connectivity index (χ4v) is 5.10. The molecule has 2 aliphatic heterocycles. The van der Waals surface area contributed by atoms with Crippen LogP contribution in [-0.2, 0) is 4.79 Å². The zero-order valence-electron chi connectivity index (χ0n) is 19.4. The number of nitrogens with two attached hydrogens (primary N) is 1. The molecule has 2 N–H and O–H groups in total. The molecule has 0 bridgehead atoms. The number of anilines is 1. The van der Waals surface area contributed by atoms with Gasteiger partial charge in [0.2, 0.25) is 5.91 Å². The predicted octanol–water partition coefficient (Wildman–Crippen LogP) is 4.62. The van der Waals surface area contributed by atoms with E-state index in [-0.39, 0.29) is 49.2 Å². The van der Waals surface area contributed by atoms with E-state index in [2.05, 4.69) is 19.8 Å². The second-order valence-corrected chi connectivity index (χ2v) is 9.46. The number of aromatic nitrogens is 2. The van der Waals surface area contributed by atoms with Gasteiger partial charge in [-0.3, -0.25) is 9.69 Å².